The molecule has 3 N–H and O–H groups in total. The number of aliphatic hydroxyl groups excluding tert-OH is 1. The molecule has 0 fully saturated rings. The quantitative estimate of drug-likeness (QED) is 0.807. The summed E-state index contributed by atoms with van der Waals surface area (Å²) in [5.41, 5.74) is 7.78. The summed E-state index contributed by atoms with van der Waals surface area (Å²) >= 11 is 1.55. The standard InChI is InChI=1S/C12H13N3OS/c13-11-12(15-6-5-14-11)17-8-10-3-1-9(7-16)2-4-10/h1-6,16H,7-8H2,(H2,13,14). The molecule has 5 heteroatoms. The minimum absolute atomic E-state index is 0.0739. The Bertz CT molecular complexity index is 487. The number of anilines is 1. The monoisotopic (exact) mass is 247 g/mol. The van der Waals surface area contributed by atoms with Gasteiger partial charge in [-0.15, -0.1) is 0 Å². The van der Waals surface area contributed by atoms with Crippen LogP contribution in [0.15, 0.2) is 41.7 Å². The lowest BCUT2D eigenvalue weighted by Gasteiger charge is -2.04. The van der Waals surface area contributed by atoms with Gasteiger partial charge in [0.1, 0.15) is 5.03 Å². The largest absolute Gasteiger partial charge is 0.392 e. The van der Waals surface area contributed by atoms with E-state index in [1.54, 1.807) is 24.2 Å². The molecule has 0 atom stereocenters. The van der Waals surface area contributed by atoms with E-state index in [1.165, 1.54) is 0 Å². The Morgan fingerprint density at radius 3 is 2.35 bits per heavy atom. The zero-order valence-electron chi connectivity index (χ0n) is 9.21. The highest BCUT2D eigenvalue weighted by Crippen LogP contribution is 2.24. The molecule has 0 bridgehead atoms. The molecule has 0 aliphatic carbocycles. The van der Waals surface area contributed by atoms with Gasteiger partial charge < -0.3 is 10.8 Å². The number of nitrogens with two attached hydrogens (primary N) is 1. The minimum atomic E-state index is 0.0739. The third-order valence-electron chi connectivity index (χ3n) is 2.27. The van der Waals surface area contributed by atoms with Gasteiger partial charge in [-0.05, 0) is 11.1 Å². The molecule has 0 unspecified atom stereocenters. The summed E-state index contributed by atoms with van der Waals surface area (Å²) in [5.74, 6) is 1.25. The SMILES string of the molecule is Nc1nccnc1SCc1ccc(CO)cc1. The van der Waals surface area contributed by atoms with Crippen molar-refractivity contribution >= 4 is 17.6 Å². The van der Waals surface area contributed by atoms with Crippen molar-refractivity contribution in [2.75, 3.05) is 5.73 Å². The number of hydrogen-bond acceptors (Lipinski definition) is 5. The van der Waals surface area contributed by atoms with E-state index in [4.69, 9.17) is 10.8 Å². The van der Waals surface area contributed by atoms with Crippen LogP contribution in [0.25, 0.3) is 0 Å². The van der Waals surface area contributed by atoms with Crippen molar-refractivity contribution in [3.05, 3.63) is 47.8 Å². The smallest absolute Gasteiger partial charge is 0.156 e. The van der Waals surface area contributed by atoms with Gasteiger partial charge in [-0.3, -0.25) is 0 Å². The first-order valence-corrected chi connectivity index (χ1v) is 6.16. The van der Waals surface area contributed by atoms with Gasteiger partial charge in [0.2, 0.25) is 0 Å². The van der Waals surface area contributed by atoms with E-state index in [0.29, 0.717) is 5.82 Å². The molecule has 88 valence electrons. The second kappa shape index (κ2) is 5.65. The second-order valence-electron chi connectivity index (χ2n) is 3.51. The molecule has 2 rings (SSSR count). The summed E-state index contributed by atoms with van der Waals surface area (Å²) in [7, 11) is 0. The van der Waals surface area contributed by atoms with E-state index in [0.717, 1.165) is 21.9 Å². The lowest BCUT2D eigenvalue weighted by molar-refractivity contribution is 0.282. The van der Waals surface area contributed by atoms with Crippen molar-refractivity contribution in [2.45, 2.75) is 17.4 Å². The average Bonchev–Trinajstić information content (AvgIpc) is 2.38. The fourth-order valence-corrected chi connectivity index (χ4v) is 2.17. The van der Waals surface area contributed by atoms with Crippen molar-refractivity contribution in [1.29, 1.82) is 0 Å². The summed E-state index contributed by atoms with van der Waals surface area (Å²) in [6, 6.07) is 7.81. The van der Waals surface area contributed by atoms with Crippen molar-refractivity contribution in [3.63, 3.8) is 0 Å². The molecule has 0 radical (unpaired) electrons. The first-order chi connectivity index (χ1) is 8.29. The van der Waals surface area contributed by atoms with Crippen molar-refractivity contribution < 1.29 is 5.11 Å². The van der Waals surface area contributed by atoms with E-state index in [-0.39, 0.29) is 6.61 Å². The van der Waals surface area contributed by atoms with Gasteiger partial charge in [-0.2, -0.15) is 0 Å². The Hall–Kier alpha value is -1.59. The average molecular weight is 247 g/mol. The molecule has 1 aromatic heterocycles. The third-order valence-corrected chi connectivity index (χ3v) is 3.34. The Balaban J connectivity index is 2.00. The summed E-state index contributed by atoms with van der Waals surface area (Å²) in [5, 5.41) is 9.68. The van der Waals surface area contributed by atoms with Crippen LogP contribution in [0, 0.1) is 0 Å². The maximum absolute atomic E-state index is 8.93. The van der Waals surface area contributed by atoms with Crippen LogP contribution in [0.1, 0.15) is 11.1 Å². The van der Waals surface area contributed by atoms with Gasteiger partial charge in [0.05, 0.1) is 6.61 Å². The van der Waals surface area contributed by atoms with Crippen molar-refractivity contribution in [1.82, 2.24) is 9.97 Å². The summed E-state index contributed by atoms with van der Waals surface area (Å²) in [4.78, 5) is 8.14. The highest BCUT2D eigenvalue weighted by atomic mass is 32.2. The maximum atomic E-state index is 8.93. The zero-order chi connectivity index (χ0) is 12.1. The summed E-state index contributed by atoms with van der Waals surface area (Å²) < 4.78 is 0. The summed E-state index contributed by atoms with van der Waals surface area (Å²) in [6.45, 7) is 0.0739. The molecule has 1 heterocycles. The third kappa shape index (κ3) is 3.18. The van der Waals surface area contributed by atoms with Gasteiger partial charge in [0.15, 0.2) is 5.82 Å². The van der Waals surface area contributed by atoms with Gasteiger partial charge >= 0.3 is 0 Å². The number of benzene rings is 1. The molecule has 0 aliphatic heterocycles. The van der Waals surface area contributed by atoms with E-state index in [1.807, 2.05) is 24.3 Å². The molecule has 2 aromatic rings. The fraction of sp³-hybridized carbons (Fsp3) is 0.167. The van der Waals surface area contributed by atoms with Gasteiger partial charge in [0, 0.05) is 18.1 Å². The van der Waals surface area contributed by atoms with Crippen LogP contribution in [-0.2, 0) is 12.4 Å². The Morgan fingerprint density at radius 2 is 1.71 bits per heavy atom. The van der Waals surface area contributed by atoms with E-state index >= 15 is 0 Å². The first-order valence-electron chi connectivity index (χ1n) is 5.17. The molecular weight excluding hydrogens is 234 g/mol. The number of aliphatic hydroxyl groups is 1. The minimum Gasteiger partial charge on any atom is -0.392 e. The topological polar surface area (TPSA) is 72.0 Å². The van der Waals surface area contributed by atoms with Crippen LogP contribution >= 0.6 is 11.8 Å². The van der Waals surface area contributed by atoms with Crippen molar-refractivity contribution in [3.8, 4) is 0 Å². The lowest BCUT2D eigenvalue weighted by Crippen LogP contribution is -1.95. The Morgan fingerprint density at radius 1 is 1.06 bits per heavy atom. The van der Waals surface area contributed by atoms with E-state index in [9.17, 15) is 0 Å². The first kappa shape index (κ1) is 11.9. The number of nitrogen functional groups attached to an aromatic ring is 1. The van der Waals surface area contributed by atoms with Gasteiger partial charge in [0.25, 0.3) is 0 Å². The number of rotatable bonds is 4. The Kier molecular flexibility index (Phi) is 3.95. The maximum Gasteiger partial charge on any atom is 0.156 e. The van der Waals surface area contributed by atoms with E-state index < -0.39 is 0 Å². The van der Waals surface area contributed by atoms with Crippen LogP contribution in [-0.4, -0.2) is 15.1 Å². The van der Waals surface area contributed by atoms with Crippen LogP contribution in [0.3, 0.4) is 0 Å². The van der Waals surface area contributed by atoms with Gasteiger partial charge in [-0.1, -0.05) is 36.0 Å². The van der Waals surface area contributed by atoms with Crippen LogP contribution in [0.4, 0.5) is 5.82 Å². The molecule has 0 saturated carbocycles. The van der Waals surface area contributed by atoms with E-state index in [2.05, 4.69) is 9.97 Å². The fourth-order valence-electron chi connectivity index (χ4n) is 1.34. The molecule has 4 nitrogen and oxygen atoms in total. The predicted molar refractivity (Wildman–Crippen MR) is 68.4 cm³/mol. The Labute approximate surface area is 104 Å². The molecular formula is C12H13N3OS. The summed E-state index contributed by atoms with van der Waals surface area (Å²) in [6.07, 6.45) is 3.21. The highest BCUT2D eigenvalue weighted by molar-refractivity contribution is 7.98. The molecule has 0 spiro atoms. The molecule has 0 amide bonds. The highest BCUT2D eigenvalue weighted by Gasteiger charge is 2.02. The zero-order valence-corrected chi connectivity index (χ0v) is 10.0. The molecule has 1 aromatic carbocycles. The predicted octanol–water partition coefficient (Wildman–Crippen LogP) is 1.84. The van der Waals surface area contributed by atoms with Gasteiger partial charge in [-0.25, -0.2) is 9.97 Å². The number of aromatic nitrogens is 2. The van der Waals surface area contributed by atoms with Crippen LogP contribution in [0.5, 0.6) is 0 Å². The molecule has 0 saturated heterocycles. The normalized spacial score (nSPS) is 10.4. The second-order valence-corrected chi connectivity index (χ2v) is 4.47. The number of nitrogens with zero attached hydrogens (tertiary/aromatic N) is 2. The number of hydrogen-bond donors (Lipinski definition) is 2. The number of thioether (sulfide) groups is 1. The molecule has 0 aliphatic rings. The van der Waals surface area contributed by atoms with Crippen molar-refractivity contribution in [2.24, 2.45) is 0 Å². The van der Waals surface area contributed by atoms with Crippen LogP contribution in [0.2, 0.25) is 0 Å². The molecule has 17 heavy (non-hydrogen) atoms. The lowest BCUT2D eigenvalue weighted by atomic mass is 10.2. The van der Waals surface area contributed by atoms with Crippen LogP contribution < -0.4 is 5.73 Å².